The van der Waals surface area contributed by atoms with Crippen molar-refractivity contribution >= 4 is 11.6 Å². The van der Waals surface area contributed by atoms with Crippen molar-refractivity contribution in [1.29, 1.82) is 5.26 Å². The van der Waals surface area contributed by atoms with Gasteiger partial charge in [0.15, 0.2) is 0 Å². The molecule has 0 unspecified atom stereocenters. The molecular formula is C28H30N4O2. The number of methoxy groups -OCH3 is 1. The third-order valence-corrected chi connectivity index (χ3v) is 6.19. The van der Waals surface area contributed by atoms with Crippen LogP contribution in [0.15, 0.2) is 66.7 Å². The van der Waals surface area contributed by atoms with E-state index in [0.29, 0.717) is 16.8 Å². The largest absolute Gasteiger partial charge is 0.496 e. The molecule has 6 nitrogen and oxygen atoms in total. The van der Waals surface area contributed by atoms with Crippen LogP contribution in [0.2, 0.25) is 0 Å². The molecule has 0 spiro atoms. The van der Waals surface area contributed by atoms with E-state index >= 15 is 0 Å². The van der Waals surface area contributed by atoms with E-state index in [1.54, 1.807) is 31.4 Å². The first-order chi connectivity index (χ1) is 16.6. The Morgan fingerprint density at radius 3 is 2.65 bits per heavy atom. The smallest absolute Gasteiger partial charge is 0.255 e. The Morgan fingerprint density at radius 2 is 1.82 bits per heavy atom. The monoisotopic (exact) mass is 454 g/mol. The van der Waals surface area contributed by atoms with E-state index in [1.807, 2.05) is 30.3 Å². The zero-order valence-corrected chi connectivity index (χ0v) is 19.8. The van der Waals surface area contributed by atoms with E-state index in [9.17, 15) is 4.79 Å². The molecule has 3 aromatic rings. The van der Waals surface area contributed by atoms with E-state index < -0.39 is 0 Å². The first-order valence-electron chi connectivity index (χ1n) is 11.6. The lowest BCUT2D eigenvalue weighted by molar-refractivity contribution is 0.102. The molecule has 0 radical (unpaired) electrons. The number of nitrogens with one attached hydrogen (secondary N) is 1. The fraction of sp³-hybridized carbons (Fsp3) is 0.286. The van der Waals surface area contributed by atoms with Gasteiger partial charge in [-0.1, -0.05) is 24.3 Å². The Kier molecular flexibility index (Phi) is 7.58. The molecule has 1 saturated heterocycles. The molecule has 0 aromatic heterocycles. The van der Waals surface area contributed by atoms with Gasteiger partial charge in [0.1, 0.15) is 5.75 Å². The maximum absolute atomic E-state index is 12.7. The van der Waals surface area contributed by atoms with Gasteiger partial charge in [-0.25, -0.2) is 0 Å². The minimum Gasteiger partial charge on any atom is -0.496 e. The summed E-state index contributed by atoms with van der Waals surface area (Å²) in [5.41, 5.74) is 4.88. The number of hydrogen-bond acceptors (Lipinski definition) is 5. The number of nitrogens with zero attached hydrogens (tertiary/aromatic N) is 3. The Balaban J connectivity index is 1.54. The maximum atomic E-state index is 12.7. The zero-order valence-electron chi connectivity index (χ0n) is 19.8. The number of hydrogen-bond donors (Lipinski definition) is 1. The first-order valence-corrected chi connectivity index (χ1v) is 11.6. The number of rotatable bonds is 6. The fourth-order valence-electron chi connectivity index (χ4n) is 4.29. The third kappa shape index (κ3) is 5.82. The highest BCUT2D eigenvalue weighted by Crippen LogP contribution is 2.29. The number of ether oxygens (including phenoxy) is 1. The Labute approximate surface area is 201 Å². The van der Waals surface area contributed by atoms with Gasteiger partial charge in [-0.2, -0.15) is 5.26 Å². The summed E-state index contributed by atoms with van der Waals surface area (Å²) >= 11 is 0. The van der Waals surface area contributed by atoms with Gasteiger partial charge in [-0.15, -0.1) is 0 Å². The van der Waals surface area contributed by atoms with Crippen LogP contribution in [0.4, 0.5) is 5.69 Å². The van der Waals surface area contributed by atoms with Crippen LogP contribution in [0.1, 0.15) is 27.9 Å². The summed E-state index contributed by atoms with van der Waals surface area (Å²) in [4.78, 5) is 17.6. The molecule has 1 fully saturated rings. The lowest BCUT2D eigenvalue weighted by Gasteiger charge is -2.22. The lowest BCUT2D eigenvalue weighted by Crippen LogP contribution is -2.28. The molecule has 0 atom stereocenters. The van der Waals surface area contributed by atoms with Gasteiger partial charge >= 0.3 is 0 Å². The van der Waals surface area contributed by atoms with Gasteiger partial charge in [0, 0.05) is 36.4 Å². The second kappa shape index (κ2) is 11.0. The lowest BCUT2D eigenvalue weighted by atomic mass is 10.0. The van der Waals surface area contributed by atoms with Crippen molar-refractivity contribution in [3.63, 3.8) is 0 Å². The summed E-state index contributed by atoms with van der Waals surface area (Å²) in [7, 11) is 3.89. The summed E-state index contributed by atoms with van der Waals surface area (Å²) in [6, 6.07) is 22.8. The summed E-state index contributed by atoms with van der Waals surface area (Å²) in [6.45, 7) is 5.16. The Hall–Kier alpha value is -3.66. The molecule has 4 rings (SSSR count). The van der Waals surface area contributed by atoms with Crippen LogP contribution < -0.4 is 10.1 Å². The molecule has 34 heavy (non-hydrogen) atoms. The van der Waals surface area contributed by atoms with E-state index in [-0.39, 0.29) is 5.91 Å². The van der Waals surface area contributed by atoms with Gasteiger partial charge in [0.2, 0.25) is 0 Å². The molecule has 1 heterocycles. The predicted molar refractivity (Wildman–Crippen MR) is 135 cm³/mol. The van der Waals surface area contributed by atoms with E-state index in [1.165, 1.54) is 0 Å². The van der Waals surface area contributed by atoms with Crippen LogP contribution in [0.3, 0.4) is 0 Å². The van der Waals surface area contributed by atoms with Gasteiger partial charge < -0.3 is 15.0 Å². The number of benzene rings is 3. The van der Waals surface area contributed by atoms with Crippen molar-refractivity contribution in [2.24, 2.45) is 0 Å². The highest BCUT2D eigenvalue weighted by molar-refractivity contribution is 6.04. The topological polar surface area (TPSA) is 68.6 Å². The highest BCUT2D eigenvalue weighted by atomic mass is 16.5. The van der Waals surface area contributed by atoms with Crippen LogP contribution in [0.25, 0.3) is 11.1 Å². The molecule has 1 N–H and O–H groups in total. The van der Waals surface area contributed by atoms with E-state index in [0.717, 1.165) is 61.6 Å². The molecular weight excluding hydrogens is 424 g/mol. The summed E-state index contributed by atoms with van der Waals surface area (Å²) in [5, 5.41) is 12.0. The fourth-order valence-corrected chi connectivity index (χ4v) is 4.29. The van der Waals surface area contributed by atoms with Crippen LogP contribution in [0, 0.1) is 11.3 Å². The average molecular weight is 455 g/mol. The standard InChI is InChI=1S/C28H30N4O2/c1-31-12-5-13-32(15-14-31)20-25-17-23(10-11-27(25)34-2)22-7-4-9-26(18-22)30-28(33)24-8-3-6-21(16-24)19-29/h3-4,6-11,16-18H,5,12-15,20H2,1-2H3,(H,30,33). The SMILES string of the molecule is COc1ccc(-c2cccc(NC(=O)c3cccc(C#N)c3)c2)cc1CN1CCCN(C)CC1. The zero-order chi connectivity index (χ0) is 23.9. The van der Waals surface area contributed by atoms with E-state index in [4.69, 9.17) is 10.00 Å². The quantitative estimate of drug-likeness (QED) is 0.588. The van der Waals surface area contributed by atoms with Crippen molar-refractivity contribution in [2.45, 2.75) is 13.0 Å². The van der Waals surface area contributed by atoms with Crippen LogP contribution in [-0.2, 0) is 6.54 Å². The van der Waals surface area contributed by atoms with Gasteiger partial charge in [-0.05, 0) is 80.1 Å². The highest BCUT2D eigenvalue weighted by Gasteiger charge is 2.15. The number of likely N-dealkylation sites (N-methyl/N-ethyl adjacent to an activating group) is 1. The molecule has 0 bridgehead atoms. The number of carbonyl (C=O) groups excluding carboxylic acids is 1. The molecule has 0 saturated carbocycles. The minimum absolute atomic E-state index is 0.240. The van der Waals surface area contributed by atoms with Crippen LogP contribution in [0.5, 0.6) is 5.75 Å². The number of anilines is 1. The van der Waals surface area contributed by atoms with Gasteiger partial charge in [0.25, 0.3) is 5.91 Å². The number of amides is 1. The van der Waals surface area contributed by atoms with E-state index in [2.05, 4.69) is 40.4 Å². The molecule has 3 aromatic carbocycles. The third-order valence-electron chi connectivity index (χ3n) is 6.19. The minimum atomic E-state index is -0.240. The second-order valence-electron chi connectivity index (χ2n) is 8.69. The summed E-state index contributed by atoms with van der Waals surface area (Å²) < 4.78 is 5.66. The van der Waals surface area contributed by atoms with Crippen molar-refractivity contribution in [1.82, 2.24) is 9.80 Å². The average Bonchev–Trinajstić information content (AvgIpc) is 3.08. The molecule has 1 aliphatic rings. The van der Waals surface area contributed by atoms with Gasteiger partial charge in [-0.3, -0.25) is 9.69 Å². The predicted octanol–water partition coefficient (Wildman–Crippen LogP) is 4.62. The van der Waals surface area contributed by atoms with Crippen molar-refractivity contribution in [3.05, 3.63) is 83.4 Å². The molecule has 6 heteroatoms. The summed E-state index contributed by atoms with van der Waals surface area (Å²) in [6.07, 6.45) is 1.16. The number of nitriles is 1. The summed E-state index contributed by atoms with van der Waals surface area (Å²) in [5.74, 6) is 0.652. The Morgan fingerprint density at radius 1 is 1.00 bits per heavy atom. The second-order valence-corrected chi connectivity index (χ2v) is 8.69. The molecule has 174 valence electrons. The van der Waals surface area contributed by atoms with Crippen molar-refractivity contribution in [2.75, 3.05) is 45.7 Å². The van der Waals surface area contributed by atoms with Crippen LogP contribution in [-0.4, -0.2) is 56.0 Å². The number of carbonyl (C=O) groups is 1. The van der Waals surface area contributed by atoms with Crippen molar-refractivity contribution in [3.8, 4) is 22.9 Å². The van der Waals surface area contributed by atoms with Crippen molar-refractivity contribution < 1.29 is 9.53 Å². The maximum Gasteiger partial charge on any atom is 0.255 e. The Bertz CT molecular complexity index is 1200. The first kappa shape index (κ1) is 23.5. The van der Waals surface area contributed by atoms with Crippen LogP contribution >= 0.6 is 0 Å². The normalized spacial score (nSPS) is 14.7. The molecule has 1 aliphatic heterocycles. The molecule has 1 amide bonds. The molecule has 0 aliphatic carbocycles. The van der Waals surface area contributed by atoms with Gasteiger partial charge in [0.05, 0.1) is 18.7 Å².